The first kappa shape index (κ1) is 58.7. The summed E-state index contributed by atoms with van der Waals surface area (Å²) in [4.78, 5) is 84.3. The van der Waals surface area contributed by atoms with Crippen LogP contribution in [-0.4, -0.2) is 93.0 Å². The zero-order valence-electron chi connectivity index (χ0n) is 29.5. The number of rotatable bonds is 20. The molecule has 0 aliphatic carbocycles. The average Bonchev–Trinajstić information content (AvgIpc) is 3.46. The maximum atomic E-state index is 11.8. The third-order valence-electron chi connectivity index (χ3n) is 7.61. The van der Waals surface area contributed by atoms with Gasteiger partial charge in [0.2, 0.25) is 33.4 Å². The summed E-state index contributed by atoms with van der Waals surface area (Å²) in [6, 6.07) is 0. The minimum atomic E-state index is -5.36. The number of unbranched alkanes of at least 4 members (excludes halogenated alkanes) is 6. The van der Waals surface area contributed by atoms with Gasteiger partial charge in [-0.15, -0.1) is 0 Å². The minimum Gasteiger partial charge on any atom is -0.550 e. The van der Waals surface area contributed by atoms with Crippen molar-refractivity contribution in [1.82, 2.24) is 9.80 Å². The molecule has 52 heavy (non-hydrogen) atoms. The van der Waals surface area contributed by atoms with Gasteiger partial charge < -0.3 is 39.6 Å². The van der Waals surface area contributed by atoms with Crippen molar-refractivity contribution in [3.05, 3.63) is 0 Å². The van der Waals surface area contributed by atoms with Crippen LogP contribution in [0.5, 0.6) is 0 Å². The van der Waals surface area contributed by atoms with E-state index < -0.39 is 90.3 Å². The molecule has 272 valence electrons. The molecule has 0 spiro atoms. The van der Waals surface area contributed by atoms with Crippen LogP contribution in [0.3, 0.4) is 0 Å². The molecule has 0 aromatic carbocycles. The van der Waals surface area contributed by atoms with Gasteiger partial charge in [-0.1, -0.05) is 25.7 Å². The molecule has 2 rings (SSSR count). The molecular formula is C26H34N2Na4O18S2. The van der Waals surface area contributed by atoms with E-state index >= 15 is 0 Å². The molecule has 2 atom stereocenters. The number of nitrogens with zero attached hydrogens (tertiary/aromatic N) is 2. The summed E-state index contributed by atoms with van der Waals surface area (Å²) in [7, 11) is -10.7. The van der Waals surface area contributed by atoms with Crippen LogP contribution >= 0.6 is 0 Å². The summed E-state index contributed by atoms with van der Waals surface area (Å²) >= 11 is 0. The molecule has 0 bridgehead atoms. The number of carboxylic acids is 4. The molecule has 2 heterocycles. The van der Waals surface area contributed by atoms with Gasteiger partial charge in [0.15, 0.2) is 0 Å². The van der Waals surface area contributed by atoms with E-state index in [1.165, 1.54) is 0 Å². The molecule has 0 radical (unpaired) electrons. The molecule has 0 aromatic heterocycles. The zero-order chi connectivity index (χ0) is 37.1. The summed E-state index contributed by atoms with van der Waals surface area (Å²) in [6.45, 7) is 0. The number of imide groups is 2. The Labute approximate surface area is 388 Å². The Hall–Kier alpha value is -0.0200. The summed E-state index contributed by atoms with van der Waals surface area (Å²) in [5.74, 6) is -11.1. The molecule has 2 aliphatic heterocycles. The topological polar surface area (TPSA) is 344 Å². The normalized spacial score (nSPS) is 16.4. The Balaban J connectivity index is -0.000000411. The number of carbonyl (C=O) groups excluding carboxylic acids is 8. The van der Waals surface area contributed by atoms with E-state index in [9.17, 15) is 84.7 Å². The predicted octanol–water partition coefficient (Wildman–Crippen LogP) is -16.9. The Bertz CT molecular complexity index is 1380. The zero-order valence-corrected chi connectivity index (χ0v) is 39.1. The van der Waals surface area contributed by atoms with Gasteiger partial charge in [0.1, 0.15) is 0 Å². The first-order valence-electron chi connectivity index (χ1n) is 14.6. The molecule has 2 fully saturated rings. The third kappa shape index (κ3) is 15.5. The average molecular weight is 819 g/mol. The fourth-order valence-corrected chi connectivity index (χ4v) is 7.34. The van der Waals surface area contributed by atoms with Crippen LogP contribution in [0.25, 0.3) is 0 Å². The van der Waals surface area contributed by atoms with Gasteiger partial charge in [0, 0.05) is 37.6 Å². The number of likely N-dealkylation sites (tertiary alicyclic amines) is 2. The van der Waals surface area contributed by atoms with E-state index in [0.717, 1.165) is 0 Å². The van der Waals surface area contributed by atoms with Crippen LogP contribution in [-0.2, 0) is 58.6 Å². The van der Waals surface area contributed by atoms with Gasteiger partial charge in [0.05, 0.1) is 11.9 Å². The molecule has 26 heteroatoms. The summed E-state index contributed by atoms with van der Waals surface area (Å²) in [6.07, 6.45) is -1.84. The maximum Gasteiger partial charge on any atom is 1.00 e. The largest absolute Gasteiger partial charge is 1.00 e. The van der Waals surface area contributed by atoms with Crippen LogP contribution < -0.4 is 139 Å². The maximum absolute atomic E-state index is 11.8. The fraction of sp³-hybridized carbons (Fsp3) is 0.692. The van der Waals surface area contributed by atoms with E-state index in [2.05, 4.69) is 0 Å². The predicted molar refractivity (Wildman–Crippen MR) is 146 cm³/mol. The van der Waals surface area contributed by atoms with Crippen LogP contribution in [0.15, 0.2) is 0 Å². The van der Waals surface area contributed by atoms with E-state index in [4.69, 9.17) is 0 Å². The van der Waals surface area contributed by atoms with Crippen molar-refractivity contribution in [2.75, 3.05) is 0 Å². The van der Waals surface area contributed by atoms with Crippen LogP contribution in [0, 0.1) is 0 Å². The monoisotopic (exact) mass is 818 g/mol. The van der Waals surface area contributed by atoms with Gasteiger partial charge in [-0.3, -0.25) is 38.1 Å². The molecule has 4 amide bonds. The van der Waals surface area contributed by atoms with Crippen molar-refractivity contribution < 1.29 is 203 Å². The molecular weight excluding hydrogens is 784 g/mol. The first-order chi connectivity index (χ1) is 22.1. The molecule has 20 nitrogen and oxygen atoms in total. The standard InChI is InChI=1S/2C13H19NO9S.4Na/c2*15-9-6-7-10(16)14(9)13(12(19)20,24(21,22)23)8-4-2-1-3-5-11(17)18;;;;/h2*1-8H2,(H,17,18)(H,19,20)(H,21,22,23);;;;/q;;4*+1/p-4. The van der Waals surface area contributed by atoms with Crippen molar-refractivity contribution in [2.24, 2.45) is 0 Å². The quantitative estimate of drug-likeness (QED) is 0.0498. The Morgan fingerprint density at radius 3 is 0.923 bits per heavy atom. The number of hydrogen-bond acceptors (Lipinski definition) is 16. The molecule has 2 unspecified atom stereocenters. The second-order valence-corrected chi connectivity index (χ2v) is 14.2. The smallest absolute Gasteiger partial charge is 0.550 e. The number of hydrogen-bond donors (Lipinski definition) is 2. The van der Waals surface area contributed by atoms with Gasteiger partial charge in [-0.25, -0.2) is 0 Å². The van der Waals surface area contributed by atoms with Gasteiger partial charge in [-0.05, 0) is 51.4 Å². The number of amides is 4. The number of aliphatic carboxylic acids is 4. The SMILES string of the molecule is O=C([O-])CCCCCCC(C(=O)[O-])(N1C(=O)CCC1=O)S(=O)(=O)O.O=C([O-])CCCCCCC(C(=O)[O-])(N1C(=O)CCC1=O)S(=O)(=O)O.[Na+].[Na+].[Na+].[Na+]. The summed E-state index contributed by atoms with van der Waals surface area (Å²) < 4.78 is 65.5. The van der Waals surface area contributed by atoms with Crippen LogP contribution in [0.4, 0.5) is 0 Å². The van der Waals surface area contributed by atoms with E-state index in [0.29, 0.717) is 12.8 Å². The molecule has 0 saturated carbocycles. The fourth-order valence-electron chi connectivity index (χ4n) is 5.24. The third-order valence-corrected chi connectivity index (χ3v) is 10.4. The Morgan fingerprint density at radius 1 is 0.500 bits per heavy atom. The second-order valence-electron chi connectivity index (χ2n) is 10.9. The van der Waals surface area contributed by atoms with Crippen molar-refractivity contribution >= 4 is 67.7 Å². The van der Waals surface area contributed by atoms with E-state index in [1.54, 1.807) is 0 Å². The first-order valence-corrected chi connectivity index (χ1v) is 17.4. The van der Waals surface area contributed by atoms with Gasteiger partial charge in [-0.2, -0.15) is 16.8 Å². The van der Waals surface area contributed by atoms with Crippen molar-refractivity contribution in [1.29, 1.82) is 0 Å². The molecule has 2 aliphatic rings. The van der Waals surface area contributed by atoms with E-state index in [-0.39, 0.29) is 205 Å². The van der Waals surface area contributed by atoms with Crippen molar-refractivity contribution in [3.8, 4) is 0 Å². The molecule has 0 aromatic rings. The molecule has 2 N–H and O–H groups in total. The minimum absolute atomic E-state index is 0. The number of carbonyl (C=O) groups is 8. The van der Waals surface area contributed by atoms with Gasteiger partial charge in [0.25, 0.3) is 20.2 Å². The van der Waals surface area contributed by atoms with Crippen LogP contribution in [0.1, 0.15) is 103 Å². The molecule has 2 saturated heterocycles. The van der Waals surface area contributed by atoms with E-state index in [1.807, 2.05) is 0 Å². The summed E-state index contributed by atoms with van der Waals surface area (Å²) in [5, 5.41) is 43.5. The Kier molecular flexibility index (Phi) is 29.3. The number of carboxylic acid groups (broad SMARTS) is 4. The van der Waals surface area contributed by atoms with Crippen molar-refractivity contribution in [3.63, 3.8) is 0 Å². The summed E-state index contributed by atoms with van der Waals surface area (Å²) in [5.41, 5.74) is 0. The van der Waals surface area contributed by atoms with Crippen molar-refractivity contribution in [2.45, 2.75) is 112 Å². The second kappa shape index (κ2) is 26.0. The van der Waals surface area contributed by atoms with Crippen LogP contribution in [0.2, 0.25) is 0 Å². The Morgan fingerprint density at radius 2 is 0.731 bits per heavy atom. The van der Waals surface area contributed by atoms with Gasteiger partial charge >= 0.3 is 118 Å².